The molecule has 114 valence electrons. The van der Waals surface area contributed by atoms with E-state index in [1.54, 1.807) is 0 Å². The molecule has 3 atom stereocenters. The van der Waals surface area contributed by atoms with Crippen LogP contribution in [-0.2, 0) is 4.74 Å². The highest BCUT2D eigenvalue weighted by atomic mass is 79.9. The van der Waals surface area contributed by atoms with E-state index in [2.05, 4.69) is 46.9 Å². The summed E-state index contributed by atoms with van der Waals surface area (Å²) in [6, 6.07) is 0. The van der Waals surface area contributed by atoms with Crippen LogP contribution in [-0.4, -0.2) is 51.8 Å². The number of nitrogens with two attached hydrogens (primary N) is 2. The van der Waals surface area contributed by atoms with Gasteiger partial charge in [0.15, 0.2) is 11.5 Å². The van der Waals surface area contributed by atoms with Crippen LogP contribution in [0.5, 0.6) is 0 Å². The van der Waals surface area contributed by atoms with Crippen molar-refractivity contribution in [1.29, 1.82) is 0 Å². The average Bonchev–Trinajstić information content (AvgIpc) is 2.91. The minimum absolute atomic E-state index is 0.00810. The zero-order valence-electron chi connectivity index (χ0n) is 10.5. The first-order chi connectivity index (χ1) is 9.86. The fourth-order valence-electron chi connectivity index (χ4n) is 2.27. The van der Waals surface area contributed by atoms with Crippen LogP contribution in [0.1, 0.15) is 11.8 Å². The van der Waals surface area contributed by atoms with Crippen molar-refractivity contribution in [3.8, 4) is 0 Å². The molecule has 0 radical (unpaired) electrons. The van der Waals surface area contributed by atoms with E-state index in [1.807, 2.05) is 0 Å². The topological polar surface area (TPSA) is 145 Å². The number of aliphatic hydroxyl groups excluding tert-OH is 2. The van der Waals surface area contributed by atoms with Crippen molar-refractivity contribution in [1.82, 2.24) is 19.6 Å². The molecule has 21 heavy (non-hydrogen) atoms. The second kappa shape index (κ2) is 5.02. The number of ether oxygens (including phenoxy) is 1. The molecule has 6 N–H and O–H groups in total. The summed E-state index contributed by atoms with van der Waals surface area (Å²) < 4.78 is 6.08. The van der Waals surface area contributed by atoms with E-state index < -0.39 is 21.5 Å². The molecule has 11 heteroatoms. The minimum Gasteiger partial charge on any atom is -0.394 e. The maximum atomic E-state index is 10.2. The zero-order valence-corrected chi connectivity index (χ0v) is 13.7. The smallest absolute Gasteiger partial charge is 0.240 e. The van der Waals surface area contributed by atoms with Crippen molar-refractivity contribution in [2.24, 2.45) is 0 Å². The van der Waals surface area contributed by atoms with Crippen molar-refractivity contribution in [2.75, 3.05) is 18.1 Å². The van der Waals surface area contributed by atoms with Crippen molar-refractivity contribution < 1.29 is 14.9 Å². The molecule has 1 saturated heterocycles. The summed E-state index contributed by atoms with van der Waals surface area (Å²) in [6.07, 6.45) is -0.896. The molecule has 0 amide bonds. The lowest BCUT2D eigenvalue weighted by Crippen LogP contribution is -2.35. The first-order valence-corrected chi connectivity index (χ1v) is 7.53. The fraction of sp³-hybridized carbons (Fsp3) is 0.500. The summed E-state index contributed by atoms with van der Waals surface area (Å²) in [4.78, 5) is 7.97. The van der Waals surface area contributed by atoms with E-state index in [4.69, 9.17) is 16.2 Å². The van der Waals surface area contributed by atoms with Crippen LogP contribution < -0.4 is 11.5 Å². The highest BCUT2D eigenvalue weighted by Gasteiger charge is 2.54. The Morgan fingerprint density at radius 3 is 2.76 bits per heavy atom. The zero-order chi connectivity index (χ0) is 15.4. The van der Waals surface area contributed by atoms with Gasteiger partial charge in [0, 0.05) is 0 Å². The number of alkyl halides is 2. The van der Waals surface area contributed by atoms with Crippen LogP contribution in [0.2, 0.25) is 0 Å². The lowest BCUT2D eigenvalue weighted by molar-refractivity contribution is -0.0239. The number of hydrogen-bond acceptors (Lipinski definition) is 8. The number of anilines is 2. The molecule has 0 spiro atoms. The van der Waals surface area contributed by atoms with Crippen molar-refractivity contribution in [3.05, 3.63) is 11.9 Å². The van der Waals surface area contributed by atoms with E-state index in [0.29, 0.717) is 11.3 Å². The number of hydrogen-bond donors (Lipinski definition) is 4. The molecule has 9 nitrogen and oxygen atoms in total. The van der Waals surface area contributed by atoms with Gasteiger partial charge in [-0.2, -0.15) is 4.98 Å². The molecule has 1 aliphatic heterocycles. The van der Waals surface area contributed by atoms with Gasteiger partial charge < -0.3 is 26.4 Å². The van der Waals surface area contributed by atoms with Crippen LogP contribution in [0.3, 0.4) is 0 Å². The van der Waals surface area contributed by atoms with E-state index >= 15 is 0 Å². The average molecular weight is 424 g/mol. The van der Waals surface area contributed by atoms with Crippen LogP contribution in [0.15, 0.2) is 6.20 Å². The molecule has 3 heterocycles. The predicted molar refractivity (Wildman–Crippen MR) is 80.9 cm³/mol. The molecular formula is C10H12Br2N6O3. The normalized spacial score (nSPS) is 28.3. The van der Waals surface area contributed by atoms with Gasteiger partial charge >= 0.3 is 0 Å². The molecule has 0 aliphatic carbocycles. The van der Waals surface area contributed by atoms with Crippen molar-refractivity contribution in [3.63, 3.8) is 0 Å². The summed E-state index contributed by atoms with van der Waals surface area (Å²) in [7, 11) is 0. The Kier molecular flexibility index (Phi) is 3.56. The highest BCUT2D eigenvalue weighted by Crippen LogP contribution is 2.51. The van der Waals surface area contributed by atoms with Crippen molar-refractivity contribution >= 4 is 49.3 Å². The Morgan fingerprint density at radius 1 is 1.43 bits per heavy atom. The van der Waals surface area contributed by atoms with E-state index in [0.717, 1.165) is 0 Å². The first-order valence-electron chi connectivity index (χ1n) is 5.95. The van der Waals surface area contributed by atoms with Gasteiger partial charge in [-0.15, -0.1) is 5.10 Å². The lowest BCUT2D eigenvalue weighted by atomic mass is 10.1. The third-order valence-corrected chi connectivity index (χ3v) is 5.06. The lowest BCUT2D eigenvalue weighted by Gasteiger charge is -2.23. The molecule has 1 aliphatic rings. The minimum atomic E-state index is -1.00. The molecule has 2 aromatic rings. The summed E-state index contributed by atoms with van der Waals surface area (Å²) in [5.74, 6) is 0.131. The number of rotatable bonds is 2. The summed E-state index contributed by atoms with van der Waals surface area (Å²) in [5.41, 5.74) is 12.2. The van der Waals surface area contributed by atoms with Gasteiger partial charge in [0.2, 0.25) is 5.95 Å². The molecule has 0 bridgehead atoms. The number of aromatic nitrogens is 4. The number of nitrogens with zero attached hydrogens (tertiary/aromatic N) is 4. The van der Waals surface area contributed by atoms with Crippen LogP contribution >= 0.6 is 31.9 Å². The molecule has 1 unspecified atom stereocenters. The fourth-order valence-corrected chi connectivity index (χ4v) is 3.54. The standard InChI is InChI=1S/C10H12Br2N6O3/c11-10(12)5(20)4(2-19)21-6(10)3-1-15-8-7(13)16-9(14)17-18(3)8/h1,4-6,19-20H,2H2,(H4,13,14,16,17)/t4-,5?,6+/m1/s1. The molecular weight excluding hydrogens is 412 g/mol. The number of imidazole rings is 1. The summed E-state index contributed by atoms with van der Waals surface area (Å²) in [5, 5.41) is 23.5. The van der Waals surface area contributed by atoms with Crippen LogP contribution in [0.4, 0.5) is 11.8 Å². The monoisotopic (exact) mass is 422 g/mol. The summed E-state index contributed by atoms with van der Waals surface area (Å²) in [6.45, 7) is -0.327. The van der Waals surface area contributed by atoms with Crippen molar-refractivity contribution in [2.45, 2.75) is 21.5 Å². The van der Waals surface area contributed by atoms with Gasteiger partial charge in [0.1, 0.15) is 21.5 Å². The Labute approximate surface area is 135 Å². The van der Waals surface area contributed by atoms with Gasteiger partial charge in [-0.1, -0.05) is 31.9 Å². The van der Waals surface area contributed by atoms with E-state index in [-0.39, 0.29) is 18.4 Å². The van der Waals surface area contributed by atoms with Gasteiger partial charge in [-0.25, -0.2) is 9.50 Å². The number of aliphatic hydroxyl groups is 2. The quantitative estimate of drug-likeness (QED) is 0.476. The van der Waals surface area contributed by atoms with E-state index in [1.165, 1.54) is 10.7 Å². The number of fused-ring (bicyclic) bond motifs is 1. The highest BCUT2D eigenvalue weighted by molar-refractivity contribution is 9.25. The van der Waals surface area contributed by atoms with Gasteiger partial charge in [0.25, 0.3) is 0 Å². The first kappa shape index (κ1) is 14.9. The third-order valence-electron chi connectivity index (χ3n) is 3.29. The predicted octanol–water partition coefficient (Wildman–Crippen LogP) is -0.432. The largest absolute Gasteiger partial charge is 0.394 e. The van der Waals surface area contributed by atoms with Crippen LogP contribution in [0.25, 0.3) is 5.65 Å². The van der Waals surface area contributed by atoms with Crippen LogP contribution in [0, 0.1) is 0 Å². The maximum Gasteiger partial charge on any atom is 0.240 e. The van der Waals surface area contributed by atoms with Gasteiger partial charge in [-0.3, -0.25) is 0 Å². The molecule has 1 fully saturated rings. The number of halogens is 2. The molecule has 3 rings (SSSR count). The molecule has 0 aromatic carbocycles. The molecule has 2 aromatic heterocycles. The second-order valence-corrected chi connectivity index (χ2v) is 8.32. The second-order valence-electron chi connectivity index (χ2n) is 4.63. The maximum absolute atomic E-state index is 10.2. The third kappa shape index (κ3) is 2.19. The van der Waals surface area contributed by atoms with Gasteiger partial charge in [-0.05, 0) is 0 Å². The van der Waals surface area contributed by atoms with Gasteiger partial charge in [0.05, 0.1) is 18.5 Å². The number of nitrogen functional groups attached to an aromatic ring is 2. The Balaban J connectivity index is 2.13. The molecule has 0 saturated carbocycles. The Morgan fingerprint density at radius 2 is 2.14 bits per heavy atom. The Hall–Kier alpha value is -1.01. The van der Waals surface area contributed by atoms with E-state index in [9.17, 15) is 10.2 Å². The Bertz CT molecular complexity index is 693. The SMILES string of the molecule is Nc1nc(N)c2ncc([C@@H]3O[C@H](CO)C(O)C3(Br)Br)n2n1. The summed E-state index contributed by atoms with van der Waals surface area (Å²) >= 11 is 6.77.